The molecule has 0 saturated carbocycles. The maximum Gasteiger partial charge on any atom is 0.0720 e. The smallest absolute Gasteiger partial charge is 0.0720 e. The topological polar surface area (TPSA) is 9.23 Å². The van der Waals surface area contributed by atoms with Gasteiger partial charge in [-0.05, 0) is 29.0 Å². The van der Waals surface area contributed by atoms with E-state index in [0.29, 0.717) is 23.0 Å². The number of benzene rings is 1. The van der Waals surface area contributed by atoms with E-state index in [-0.39, 0.29) is 11.5 Å². The molecule has 0 N–H and O–H groups in total. The van der Waals surface area contributed by atoms with Crippen molar-refractivity contribution >= 4 is 23.4 Å². The molecule has 3 rings (SSSR count). The molecule has 2 aliphatic rings. The van der Waals surface area contributed by atoms with E-state index in [4.69, 9.17) is 16.3 Å². The zero-order chi connectivity index (χ0) is 17.3. The second-order valence-corrected chi connectivity index (χ2v) is 9.99. The number of allylic oxidation sites excluding steroid dienone is 2. The highest BCUT2D eigenvalue weighted by molar-refractivity contribution is 8.00. The van der Waals surface area contributed by atoms with Crippen molar-refractivity contribution in [3.63, 3.8) is 0 Å². The number of thioether (sulfide) groups is 1. The molecule has 1 saturated heterocycles. The van der Waals surface area contributed by atoms with Gasteiger partial charge in [-0.25, -0.2) is 0 Å². The lowest BCUT2D eigenvalue weighted by Gasteiger charge is -2.39. The first-order valence-electron chi connectivity index (χ1n) is 8.75. The Morgan fingerprint density at radius 1 is 1.21 bits per heavy atom. The van der Waals surface area contributed by atoms with Gasteiger partial charge in [0.15, 0.2) is 0 Å². The molecule has 1 aliphatic carbocycles. The van der Waals surface area contributed by atoms with E-state index < -0.39 is 0 Å². The van der Waals surface area contributed by atoms with Crippen LogP contribution in [0.4, 0.5) is 0 Å². The normalized spacial score (nSPS) is 30.0. The first-order valence-corrected chi connectivity index (χ1v) is 10.1. The van der Waals surface area contributed by atoms with Crippen LogP contribution in [0.15, 0.2) is 47.5 Å². The number of hydrogen-bond donors (Lipinski definition) is 0. The molecule has 0 aromatic heterocycles. The van der Waals surface area contributed by atoms with Gasteiger partial charge in [-0.2, -0.15) is 11.8 Å². The summed E-state index contributed by atoms with van der Waals surface area (Å²) in [7, 11) is 0. The maximum atomic E-state index is 6.33. The fourth-order valence-electron chi connectivity index (χ4n) is 3.40. The van der Waals surface area contributed by atoms with Crippen molar-refractivity contribution in [2.24, 2.45) is 5.92 Å². The highest BCUT2D eigenvalue weighted by Crippen LogP contribution is 2.42. The summed E-state index contributed by atoms with van der Waals surface area (Å²) in [6, 6.07) is 8.84. The van der Waals surface area contributed by atoms with Gasteiger partial charge in [0.05, 0.1) is 12.7 Å². The van der Waals surface area contributed by atoms with Gasteiger partial charge in [0, 0.05) is 21.5 Å². The Hall–Kier alpha value is -0.700. The zero-order valence-corrected chi connectivity index (χ0v) is 16.5. The number of ether oxygens (including phenoxy) is 1. The van der Waals surface area contributed by atoms with Crippen LogP contribution < -0.4 is 0 Å². The quantitative estimate of drug-likeness (QED) is 0.645. The predicted molar refractivity (Wildman–Crippen MR) is 106 cm³/mol. The predicted octanol–water partition coefficient (Wildman–Crippen LogP) is 6.07. The number of rotatable bonds is 3. The molecule has 0 unspecified atom stereocenters. The molecule has 1 aromatic rings. The first-order chi connectivity index (χ1) is 11.3. The van der Waals surface area contributed by atoms with Crippen molar-refractivity contribution in [3.8, 4) is 0 Å². The Bertz CT molecular complexity index is 626. The molecule has 1 aromatic carbocycles. The molecule has 0 amide bonds. The summed E-state index contributed by atoms with van der Waals surface area (Å²) >= 11 is 8.26. The number of hydrogen-bond acceptors (Lipinski definition) is 2. The minimum atomic E-state index is 0.193. The Morgan fingerprint density at radius 3 is 2.58 bits per heavy atom. The lowest BCUT2D eigenvalue weighted by atomic mass is 9.87. The first kappa shape index (κ1) is 18.1. The van der Waals surface area contributed by atoms with Gasteiger partial charge < -0.3 is 4.74 Å². The van der Waals surface area contributed by atoms with Crippen molar-refractivity contribution in [3.05, 3.63) is 58.7 Å². The molecular formula is C21H27ClOS. The summed E-state index contributed by atoms with van der Waals surface area (Å²) in [6.45, 7) is 9.69. The molecule has 130 valence electrons. The fraction of sp³-hybridized carbons (Fsp3) is 0.524. The molecular weight excluding hydrogens is 336 g/mol. The van der Waals surface area contributed by atoms with Crippen LogP contribution in [0, 0.1) is 5.92 Å². The molecule has 1 heterocycles. The second kappa shape index (κ2) is 7.27. The summed E-state index contributed by atoms with van der Waals surface area (Å²) < 4.78 is 6.33. The molecule has 0 bridgehead atoms. The van der Waals surface area contributed by atoms with Crippen LogP contribution in [-0.2, 0) is 16.8 Å². The molecule has 1 aliphatic heterocycles. The second-order valence-electron chi connectivity index (χ2n) is 7.93. The molecule has 4 atom stereocenters. The molecule has 0 spiro atoms. The van der Waals surface area contributed by atoms with Crippen LogP contribution in [0.3, 0.4) is 0 Å². The lowest BCUT2D eigenvalue weighted by Crippen LogP contribution is -2.38. The maximum absolute atomic E-state index is 6.33. The molecule has 3 heteroatoms. The fourth-order valence-corrected chi connectivity index (χ4v) is 5.06. The zero-order valence-electron chi connectivity index (χ0n) is 15.0. The van der Waals surface area contributed by atoms with Crippen LogP contribution >= 0.6 is 23.4 Å². The third-order valence-corrected chi connectivity index (χ3v) is 6.54. The van der Waals surface area contributed by atoms with Gasteiger partial charge in [0.2, 0.25) is 0 Å². The minimum absolute atomic E-state index is 0.193. The van der Waals surface area contributed by atoms with Gasteiger partial charge >= 0.3 is 0 Å². The monoisotopic (exact) mass is 362 g/mol. The average Bonchev–Trinajstić information content (AvgIpc) is 2.52. The molecule has 1 nitrogen and oxygen atoms in total. The summed E-state index contributed by atoms with van der Waals surface area (Å²) in [4.78, 5) is 0. The van der Waals surface area contributed by atoms with E-state index in [2.05, 4.69) is 64.1 Å². The number of fused-ring (bicyclic) bond motifs is 1. The summed E-state index contributed by atoms with van der Waals surface area (Å²) in [6.07, 6.45) is 7.77. The van der Waals surface area contributed by atoms with E-state index in [1.807, 2.05) is 17.8 Å². The van der Waals surface area contributed by atoms with E-state index in [1.165, 1.54) is 11.1 Å². The van der Waals surface area contributed by atoms with Crippen LogP contribution in [0.5, 0.6) is 0 Å². The summed E-state index contributed by atoms with van der Waals surface area (Å²) in [5.74, 6) is 0.387. The van der Waals surface area contributed by atoms with Crippen molar-refractivity contribution in [2.75, 3.05) is 0 Å². The summed E-state index contributed by atoms with van der Waals surface area (Å²) in [5, 5.41) is 1.95. The number of halogens is 1. The molecule has 24 heavy (non-hydrogen) atoms. The van der Waals surface area contributed by atoms with Crippen LogP contribution in [0.2, 0.25) is 0 Å². The lowest BCUT2D eigenvalue weighted by molar-refractivity contribution is 0.00714. The van der Waals surface area contributed by atoms with Gasteiger partial charge in [-0.1, -0.05) is 75.7 Å². The minimum Gasteiger partial charge on any atom is -0.373 e. The van der Waals surface area contributed by atoms with Crippen molar-refractivity contribution < 1.29 is 4.74 Å². The van der Waals surface area contributed by atoms with Crippen molar-refractivity contribution in [1.29, 1.82) is 0 Å². The average molecular weight is 363 g/mol. The molecule has 1 fully saturated rings. The highest BCUT2D eigenvalue weighted by atomic mass is 35.5. The SMILES string of the molecule is C[C@@H]1C[C@@H](OCc2ccc(C(C)(C)C)cc2)[C@@H]2C=C(Cl)C=C[C@@H]2S1. The Balaban J connectivity index is 1.65. The molecule has 0 radical (unpaired) electrons. The van der Waals surface area contributed by atoms with Gasteiger partial charge in [0.25, 0.3) is 0 Å². The van der Waals surface area contributed by atoms with E-state index >= 15 is 0 Å². The van der Waals surface area contributed by atoms with Crippen molar-refractivity contribution in [1.82, 2.24) is 0 Å². The largest absolute Gasteiger partial charge is 0.373 e. The Kier molecular flexibility index (Phi) is 5.48. The highest BCUT2D eigenvalue weighted by Gasteiger charge is 2.36. The van der Waals surface area contributed by atoms with E-state index in [0.717, 1.165) is 11.5 Å². The Morgan fingerprint density at radius 2 is 1.92 bits per heavy atom. The standard InChI is InChI=1S/C21H27ClOS/c1-14-11-19(18-12-17(22)9-10-20(18)24-14)23-13-15-5-7-16(8-6-15)21(2,3)4/h5-10,12,14,18-20H,11,13H2,1-4H3/t14-,18+,19-,20+/m1/s1. The van der Waals surface area contributed by atoms with Gasteiger partial charge in [-0.15, -0.1) is 0 Å². The van der Waals surface area contributed by atoms with Gasteiger partial charge in [0.1, 0.15) is 0 Å². The Labute approximate surface area is 155 Å². The van der Waals surface area contributed by atoms with E-state index in [1.54, 1.807) is 0 Å². The van der Waals surface area contributed by atoms with Gasteiger partial charge in [-0.3, -0.25) is 0 Å². The van der Waals surface area contributed by atoms with Crippen molar-refractivity contribution in [2.45, 2.75) is 62.7 Å². The summed E-state index contributed by atoms with van der Waals surface area (Å²) in [5.41, 5.74) is 2.80. The van der Waals surface area contributed by atoms with Crippen LogP contribution in [0.1, 0.15) is 45.2 Å². The third kappa shape index (κ3) is 4.28. The van der Waals surface area contributed by atoms with Crippen LogP contribution in [0.25, 0.3) is 0 Å². The van der Waals surface area contributed by atoms with Crippen LogP contribution in [-0.4, -0.2) is 16.6 Å². The third-order valence-electron chi connectivity index (χ3n) is 4.84. The van der Waals surface area contributed by atoms with E-state index in [9.17, 15) is 0 Å².